The summed E-state index contributed by atoms with van der Waals surface area (Å²) in [7, 11) is 0. The zero-order chi connectivity index (χ0) is 18.0. The van der Waals surface area contributed by atoms with Crippen molar-refractivity contribution in [2.24, 2.45) is 5.41 Å². The number of halogens is 2. The summed E-state index contributed by atoms with van der Waals surface area (Å²) in [5, 5.41) is 7.79. The molecule has 1 aliphatic rings. The van der Waals surface area contributed by atoms with E-state index in [1.54, 1.807) is 29.5 Å². The summed E-state index contributed by atoms with van der Waals surface area (Å²) in [6.45, 7) is 0.834. The number of ether oxygens (including phenoxy) is 1. The summed E-state index contributed by atoms with van der Waals surface area (Å²) in [6.07, 6.45) is 8.35. The molecule has 9 heteroatoms. The average Bonchev–Trinajstić information content (AvgIpc) is 3.09. The first-order valence-electron chi connectivity index (χ1n) is 8.04. The highest BCUT2D eigenvalue weighted by Gasteiger charge is 2.39. The lowest BCUT2D eigenvalue weighted by atomic mass is 9.88. The Labute approximate surface area is 154 Å². The summed E-state index contributed by atoms with van der Waals surface area (Å²) < 4.78 is 20.1. The maximum Gasteiger partial charge on any atom is 0.227 e. The number of alkyl halides is 1. The normalized spacial score (nSPS) is 15.5. The summed E-state index contributed by atoms with van der Waals surface area (Å²) in [6, 6.07) is 3.67. The molecular weight excluding hydrogens is 359 g/mol. The molecule has 4 heterocycles. The molecule has 1 saturated heterocycles. The van der Waals surface area contributed by atoms with Gasteiger partial charge in [-0.2, -0.15) is 5.10 Å². The van der Waals surface area contributed by atoms with Crippen LogP contribution in [0.1, 0.15) is 0 Å². The van der Waals surface area contributed by atoms with Crippen molar-refractivity contribution in [3.63, 3.8) is 0 Å². The molecule has 3 aromatic rings. The van der Waals surface area contributed by atoms with E-state index in [1.807, 2.05) is 12.1 Å². The van der Waals surface area contributed by atoms with Gasteiger partial charge in [0.05, 0.1) is 60.2 Å². The van der Waals surface area contributed by atoms with E-state index in [2.05, 4.69) is 25.4 Å². The summed E-state index contributed by atoms with van der Waals surface area (Å²) in [5.41, 5.74) is 1.58. The molecule has 0 atom stereocenters. The van der Waals surface area contributed by atoms with Crippen molar-refractivity contribution in [1.82, 2.24) is 24.7 Å². The number of hydrogen-bond acceptors (Lipinski definition) is 6. The molecule has 0 radical (unpaired) electrons. The Balaban J connectivity index is 1.56. The molecule has 1 fully saturated rings. The second kappa shape index (κ2) is 6.97. The minimum absolute atomic E-state index is 0.401. The van der Waals surface area contributed by atoms with Crippen molar-refractivity contribution in [3.8, 4) is 11.3 Å². The van der Waals surface area contributed by atoms with Gasteiger partial charge in [0, 0.05) is 18.0 Å². The van der Waals surface area contributed by atoms with Crippen molar-refractivity contribution in [1.29, 1.82) is 0 Å². The third-order valence-corrected chi connectivity index (χ3v) is 4.44. The van der Waals surface area contributed by atoms with Crippen LogP contribution in [-0.4, -0.2) is 44.6 Å². The molecule has 0 saturated carbocycles. The molecule has 0 amide bonds. The van der Waals surface area contributed by atoms with Crippen LogP contribution in [-0.2, 0) is 11.3 Å². The smallest absolute Gasteiger partial charge is 0.227 e. The first kappa shape index (κ1) is 16.9. The molecule has 0 aliphatic carbocycles. The number of nitrogens with zero attached hydrogens (tertiary/aromatic N) is 5. The molecular formula is C17H16ClFN6O. The second-order valence-corrected chi connectivity index (χ2v) is 6.72. The quantitative estimate of drug-likeness (QED) is 0.714. The fourth-order valence-electron chi connectivity index (χ4n) is 2.71. The van der Waals surface area contributed by atoms with E-state index in [0.29, 0.717) is 36.4 Å². The molecule has 0 bridgehead atoms. The van der Waals surface area contributed by atoms with Gasteiger partial charge in [0.15, 0.2) is 0 Å². The zero-order valence-electron chi connectivity index (χ0n) is 13.8. The van der Waals surface area contributed by atoms with Crippen LogP contribution in [0.25, 0.3) is 11.3 Å². The number of anilines is 2. The average molecular weight is 375 g/mol. The SMILES string of the molecule is FCC1(Cn2cc(-c3nc(Nc4cccnc4)ncc3Cl)cn2)COC1. The molecule has 1 aliphatic heterocycles. The molecule has 7 nitrogen and oxygen atoms in total. The highest BCUT2D eigenvalue weighted by atomic mass is 35.5. The number of pyridine rings is 1. The van der Waals surface area contributed by atoms with Gasteiger partial charge in [-0.15, -0.1) is 0 Å². The molecule has 0 unspecified atom stereocenters. The van der Waals surface area contributed by atoms with E-state index < -0.39 is 12.1 Å². The van der Waals surface area contributed by atoms with Crippen molar-refractivity contribution >= 4 is 23.2 Å². The van der Waals surface area contributed by atoms with Crippen LogP contribution in [0.5, 0.6) is 0 Å². The lowest BCUT2D eigenvalue weighted by molar-refractivity contribution is -0.133. The first-order valence-corrected chi connectivity index (χ1v) is 8.41. The summed E-state index contributed by atoms with van der Waals surface area (Å²) >= 11 is 6.26. The zero-order valence-corrected chi connectivity index (χ0v) is 14.5. The van der Waals surface area contributed by atoms with Crippen LogP contribution in [0.2, 0.25) is 5.02 Å². The summed E-state index contributed by atoms with van der Waals surface area (Å²) in [5.74, 6) is 0.401. The van der Waals surface area contributed by atoms with Crippen molar-refractivity contribution in [2.45, 2.75) is 6.54 Å². The van der Waals surface area contributed by atoms with Gasteiger partial charge in [-0.25, -0.2) is 9.97 Å². The van der Waals surface area contributed by atoms with Gasteiger partial charge >= 0.3 is 0 Å². The Kier molecular flexibility index (Phi) is 4.52. The lowest BCUT2D eigenvalue weighted by Gasteiger charge is -2.38. The predicted octanol–water partition coefficient (Wildman–Crippen LogP) is 3.12. The maximum atomic E-state index is 13.3. The van der Waals surface area contributed by atoms with E-state index in [-0.39, 0.29) is 0 Å². The van der Waals surface area contributed by atoms with Gasteiger partial charge < -0.3 is 10.1 Å². The molecule has 0 spiro atoms. The van der Waals surface area contributed by atoms with Gasteiger partial charge in [0.2, 0.25) is 5.95 Å². The van der Waals surface area contributed by atoms with Crippen LogP contribution in [0.4, 0.5) is 16.0 Å². The van der Waals surface area contributed by atoms with Crippen molar-refractivity contribution in [3.05, 3.63) is 48.1 Å². The van der Waals surface area contributed by atoms with Crippen LogP contribution < -0.4 is 5.32 Å². The largest absolute Gasteiger partial charge is 0.380 e. The Morgan fingerprint density at radius 3 is 2.88 bits per heavy atom. The van der Waals surface area contributed by atoms with Gasteiger partial charge in [0.25, 0.3) is 0 Å². The van der Waals surface area contributed by atoms with Crippen LogP contribution in [0.3, 0.4) is 0 Å². The molecule has 0 aromatic carbocycles. The van der Waals surface area contributed by atoms with Crippen molar-refractivity contribution < 1.29 is 9.13 Å². The Hall–Kier alpha value is -2.58. The summed E-state index contributed by atoms with van der Waals surface area (Å²) in [4.78, 5) is 12.7. The van der Waals surface area contributed by atoms with Gasteiger partial charge in [-0.3, -0.25) is 14.1 Å². The Bertz CT molecular complexity index is 894. The van der Waals surface area contributed by atoms with Crippen molar-refractivity contribution in [2.75, 3.05) is 25.2 Å². The standard InChI is InChI=1S/C17H16ClFN6O/c18-14-6-21-16(23-13-2-1-3-20-5-13)24-15(14)12-4-22-25(7-12)9-17(8-19)10-26-11-17/h1-7H,8-11H2,(H,21,23,24). The van der Waals surface area contributed by atoms with Crippen LogP contribution in [0, 0.1) is 5.41 Å². The predicted molar refractivity (Wildman–Crippen MR) is 95.0 cm³/mol. The van der Waals surface area contributed by atoms with Gasteiger partial charge in [0.1, 0.15) is 6.67 Å². The lowest BCUT2D eigenvalue weighted by Crippen LogP contribution is -2.47. The maximum absolute atomic E-state index is 13.3. The molecule has 3 aromatic heterocycles. The number of aromatic nitrogens is 5. The van der Waals surface area contributed by atoms with E-state index in [9.17, 15) is 4.39 Å². The minimum atomic E-state index is -0.480. The van der Waals surface area contributed by atoms with E-state index in [4.69, 9.17) is 16.3 Å². The molecule has 1 N–H and O–H groups in total. The molecule has 134 valence electrons. The number of rotatable bonds is 6. The highest BCUT2D eigenvalue weighted by Crippen LogP contribution is 2.31. The molecule has 4 rings (SSSR count). The molecule has 26 heavy (non-hydrogen) atoms. The number of nitrogens with one attached hydrogen (secondary N) is 1. The third-order valence-electron chi connectivity index (χ3n) is 4.17. The van der Waals surface area contributed by atoms with Crippen LogP contribution in [0.15, 0.2) is 43.1 Å². The van der Waals surface area contributed by atoms with Gasteiger partial charge in [-0.1, -0.05) is 11.6 Å². The minimum Gasteiger partial charge on any atom is -0.380 e. The van der Waals surface area contributed by atoms with Gasteiger partial charge in [-0.05, 0) is 12.1 Å². The fraction of sp³-hybridized carbons (Fsp3) is 0.294. The highest BCUT2D eigenvalue weighted by molar-refractivity contribution is 6.32. The van der Waals surface area contributed by atoms with E-state index in [1.165, 1.54) is 6.20 Å². The van der Waals surface area contributed by atoms with Crippen LogP contribution >= 0.6 is 11.6 Å². The number of hydrogen-bond donors (Lipinski definition) is 1. The van der Waals surface area contributed by atoms with E-state index in [0.717, 1.165) is 11.3 Å². The Morgan fingerprint density at radius 1 is 1.31 bits per heavy atom. The van der Waals surface area contributed by atoms with E-state index >= 15 is 0 Å². The topological polar surface area (TPSA) is 77.8 Å². The third kappa shape index (κ3) is 3.38. The fourth-order valence-corrected chi connectivity index (χ4v) is 2.91. The monoisotopic (exact) mass is 374 g/mol. The first-order chi connectivity index (χ1) is 12.7. The Morgan fingerprint density at radius 2 is 2.19 bits per heavy atom. The second-order valence-electron chi connectivity index (χ2n) is 6.31.